The quantitative estimate of drug-likeness (QED) is 0.893. The van der Waals surface area contributed by atoms with Gasteiger partial charge in [-0.15, -0.1) is 0 Å². The number of nitrogens with one attached hydrogen (secondary N) is 1. The molecule has 1 atom stereocenters. The summed E-state index contributed by atoms with van der Waals surface area (Å²) in [6.45, 7) is 7.92. The van der Waals surface area contributed by atoms with Crippen LogP contribution >= 0.6 is 0 Å². The third kappa shape index (κ3) is 4.34. The number of hydrogen-bond donors (Lipinski definition) is 1. The van der Waals surface area contributed by atoms with E-state index in [2.05, 4.69) is 43.4 Å². The van der Waals surface area contributed by atoms with Gasteiger partial charge in [0.1, 0.15) is 0 Å². The van der Waals surface area contributed by atoms with Crippen molar-refractivity contribution in [1.82, 2.24) is 10.2 Å². The number of rotatable bonds is 5. The third-order valence-corrected chi connectivity index (χ3v) is 4.01. The lowest BCUT2D eigenvalue weighted by atomic mass is 9.96. The van der Waals surface area contributed by atoms with Crippen molar-refractivity contribution >= 4 is 5.91 Å². The van der Waals surface area contributed by atoms with E-state index in [9.17, 15) is 4.79 Å². The summed E-state index contributed by atoms with van der Waals surface area (Å²) in [4.78, 5) is 14.2. The minimum atomic E-state index is 0.309. The largest absolute Gasteiger partial charge is 0.340 e. The lowest BCUT2D eigenvalue weighted by Gasteiger charge is -2.28. The van der Waals surface area contributed by atoms with Crippen LogP contribution in [-0.2, 0) is 17.6 Å². The van der Waals surface area contributed by atoms with Gasteiger partial charge in [-0.05, 0) is 29.9 Å². The Morgan fingerprint density at radius 2 is 1.80 bits per heavy atom. The molecule has 1 fully saturated rings. The van der Waals surface area contributed by atoms with Crippen molar-refractivity contribution in [2.24, 2.45) is 5.92 Å². The Labute approximate surface area is 122 Å². The molecule has 1 amide bonds. The topological polar surface area (TPSA) is 32.3 Å². The average molecular weight is 274 g/mol. The number of aryl methyl sites for hydroxylation is 1. The Balaban J connectivity index is 1.81. The van der Waals surface area contributed by atoms with Crippen LogP contribution in [0.1, 0.15) is 31.4 Å². The summed E-state index contributed by atoms with van der Waals surface area (Å²) in [7, 11) is 0. The van der Waals surface area contributed by atoms with Gasteiger partial charge >= 0.3 is 0 Å². The van der Waals surface area contributed by atoms with Crippen molar-refractivity contribution in [2.75, 3.05) is 26.2 Å². The molecular weight excluding hydrogens is 248 g/mol. The van der Waals surface area contributed by atoms with Crippen molar-refractivity contribution in [2.45, 2.75) is 33.1 Å². The van der Waals surface area contributed by atoms with E-state index in [4.69, 9.17) is 0 Å². The molecule has 0 spiro atoms. The summed E-state index contributed by atoms with van der Waals surface area (Å²) in [5.74, 6) is 0.717. The maximum atomic E-state index is 12.2. The molecule has 1 aliphatic heterocycles. The fourth-order valence-electron chi connectivity index (χ4n) is 2.73. The Bertz CT molecular complexity index is 421. The van der Waals surface area contributed by atoms with Crippen LogP contribution < -0.4 is 5.32 Å². The van der Waals surface area contributed by atoms with Gasteiger partial charge in [-0.2, -0.15) is 0 Å². The molecule has 1 saturated heterocycles. The summed E-state index contributed by atoms with van der Waals surface area (Å²) in [5, 5.41) is 3.28. The molecule has 1 aliphatic rings. The van der Waals surface area contributed by atoms with E-state index in [0.717, 1.165) is 39.0 Å². The molecule has 0 aliphatic carbocycles. The summed E-state index contributed by atoms with van der Waals surface area (Å²) < 4.78 is 0. The number of benzene rings is 1. The maximum Gasteiger partial charge on any atom is 0.222 e. The van der Waals surface area contributed by atoms with Crippen LogP contribution in [0, 0.1) is 5.92 Å². The average Bonchev–Trinajstić information content (AvgIpc) is 2.49. The molecule has 1 heterocycles. The summed E-state index contributed by atoms with van der Waals surface area (Å²) >= 11 is 0. The molecule has 1 N–H and O–H groups in total. The zero-order valence-electron chi connectivity index (χ0n) is 12.7. The highest BCUT2D eigenvalue weighted by atomic mass is 16.2. The monoisotopic (exact) mass is 274 g/mol. The lowest BCUT2D eigenvalue weighted by molar-refractivity contribution is -0.132. The Hall–Kier alpha value is -1.35. The van der Waals surface area contributed by atoms with Gasteiger partial charge in [0.05, 0.1) is 0 Å². The molecule has 0 saturated carbocycles. The van der Waals surface area contributed by atoms with E-state index in [1.807, 2.05) is 4.90 Å². The van der Waals surface area contributed by atoms with Crippen molar-refractivity contribution in [1.29, 1.82) is 0 Å². The number of piperazine rings is 1. The summed E-state index contributed by atoms with van der Waals surface area (Å²) in [6.07, 6.45) is 2.73. The molecule has 3 heteroatoms. The standard InChI is InChI=1S/C17H26N2O/c1-3-15-4-6-16(7-5-15)12-14(2)13-17(20)19-10-8-18-9-11-19/h4-7,14,18H,3,8-13H2,1-2H3. The number of nitrogens with zero attached hydrogens (tertiary/aromatic N) is 1. The Morgan fingerprint density at radius 1 is 1.20 bits per heavy atom. The van der Waals surface area contributed by atoms with E-state index in [1.54, 1.807) is 0 Å². The molecule has 20 heavy (non-hydrogen) atoms. The smallest absolute Gasteiger partial charge is 0.222 e. The first kappa shape index (κ1) is 15.0. The summed E-state index contributed by atoms with van der Waals surface area (Å²) in [6, 6.07) is 8.79. The number of hydrogen-bond acceptors (Lipinski definition) is 2. The minimum Gasteiger partial charge on any atom is -0.340 e. The molecule has 3 nitrogen and oxygen atoms in total. The summed E-state index contributed by atoms with van der Waals surface area (Å²) in [5.41, 5.74) is 2.71. The number of carbonyl (C=O) groups excluding carboxylic acids is 1. The molecule has 2 rings (SSSR count). The van der Waals surface area contributed by atoms with Gasteiger partial charge in [0.25, 0.3) is 0 Å². The second kappa shape index (κ2) is 7.44. The van der Waals surface area contributed by atoms with Crippen LogP contribution in [0.15, 0.2) is 24.3 Å². The zero-order valence-corrected chi connectivity index (χ0v) is 12.7. The molecular formula is C17H26N2O. The maximum absolute atomic E-state index is 12.2. The number of amides is 1. The predicted octanol–water partition coefficient (Wildman–Crippen LogP) is 2.25. The van der Waals surface area contributed by atoms with Crippen LogP contribution in [0.25, 0.3) is 0 Å². The van der Waals surface area contributed by atoms with Crippen molar-refractivity contribution < 1.29 is 4.79 Å². The van der Waals surface area contributed by atoms with Crippen LogP contribution in [0.5, 0.6) is 0 Å². The Kier molecular flexibility index (Phi) is 5.60. The number of carbonyl (C=O) groups is 1. The van der Waals surface area contributed by atoms with Gasteiger partial charge in [0, 0.05) is 32.6 Å². The van der Waals surface area contributed by atoms with Gasteiger partial charge in [0.2, 0.25) is 5.91 Å². The zero-order chi connectivity index (χ0) is 14.4. The van der Waals surface area contributed by atoms with Gasteiger partial charge in [0.15, 0.2) is 0 Å². The second-order valence-corrected chi connectivity index (χ2v) is 5.81. The van der Waals surface area contributed by atoms with Crippen LogP contribution in [0.3, 0.4) is 0 Å². The first-order valence-corrected chi connectivity index (χ1v) is 7.75. The first-order valence-electron chi connectivity index (χ1n) is 7.75. The van der Waals surface area contributed by atoms with Gasteiger partial charge < -0.3 is 10.2 Å². The normalized spacial score (nSPS) is 17.0. The molecule has 1 aromatic carbocycles. The second-order valence-electron chi connectivity index (χ2n) is 5.81. The van der Waals surface area contributed by atoms with Gasteiger partial charge in [-0.3, -0.25) is 4.79 Å². The van der Waals surface area contributed by atoms with Crippen LogP contribution in [0.2, 0.25) is 0 Å². The van der Waals surface area contributed by atoms with Crippen molar-refractivity contribution in [3.05, 3.63) is 35.4 Å². The molecule has 1 aromatic rings. The van der Waals surface area contributed by atoms with E-state index in [0.29, 0.717) is 18.2 Å². The molecule has 1 unspecified atom stereocenters. The first-order chi connectivity index (χ1) is 9.69. The van der Waals surface area contributed by atoms with Crippen LogP contribution in [0.4, 0.5) is 0 Å². The van der Waals surface area contributed by atoms with E-state index in [-0.39, 0.29) is 0 Å². The SMILES string of the molecule is CCc1ccc(CC(C)CC(=O)N2CCNCC2)cc1. The molecule has 110 valence electrons. The van der Waals surface area contributed by atoms with Crippen molar-refractivity contribution in [3.8, 4) is 0 Å². The predicted molar refractivity (Wildman–Crippen MR) is 82.8 cm³/mol. The highest BCUT2D eigenvalue weighted by Crippen LogP contribution is 2.14. The highest BCUT2D eigenvalue weighted by Gasteiger charge is 2.18. The minimum absolute atomic E-state index is 0.309. The van der Waals surface area contributed by atoms with E-state index < -0.39 is 0 Å². The third-order valence-electron chi connectivity index (χ3n) is 4.01. The fraction of sp³-hybridized carbons (Fsp3) is 0.588. The molecule has 0 radical (unpaired) electrons. The fourth-order valence-corrected chi connectivity index (χ4v) is 2.73. The Morgan fingerprint density at radius 3 is 2.40 bits per heavy atom. The van der Waals surface area contributed by atoms with E-state index >= 15 is 0 Å². The van der Waals surface area contributed by atoms with E-state index in [1.165, 1.54) is 11.1 Å². The molecule has 0 aromatic heterocycles. The van der Waals surface area contributed by atoms with Crippen LogP contribution in [-0.4, -0.2) is 37.0 Å². The van der Waals surface area contributed by atoms with Crippen molar-refractivity contribution in [3.63, 3.8) is 0 Å². The van der Waals surface area contributed by atoms with Gasteiger partial charge in [-0.25, -0.2) is 0 Å². The van der Waals surface area contributed by atoms with Gasteiger partial charge in [-0.1, -0.05) is 38.1 Å². The molecule has 0 bridgehead atoms. The lowest BCUT2D eigenvalue weighted by Crippen LogP contribution is -2.46. The highest BCUT2D eigenvalue weighted by molar-refractivity contribution is 5.76.